The fraction of sp³-hybridized carbons (Fsp3) is 0.143. The van der Waals surface area contributed by atoms with Crippen LogP contribution in [0.25, 0.3) is 0 Å². The molecule has 8 heteroatoms. The maximum absolute atomic E-state index is 12.8. The smallest absolute Gasteiger partial charge is 0.418 e. The summed E-state index contributed by atoms with van der Waals surface area (Å²) in [6, 6.07) is 7.98. The largest absolute Gasteiger partial charge is 0.477 e. The molecule has 0 amide bonds. The van der Waals surface area contributed by atoms with Gasteiger partial charge in [0.05, 0.1) is 21.8 Å². The van der Waals surface area contributed by atoms with Crippen LogP contribution >= 0.6 is 11.3 Å². The number of hydrogen-bond acceptors (Lipinski definition) is 4. The molecule has 0 radical (unpaired) electrons. The predicted molar refractivity (Wildman–Crippen MR) is 78.6 cm³/mol. The Kier molecular flexibility index (Phi) is 4.51. The minimum Gasteiger partial charge on any atom is -0.477 e. The van der Waals surface area contributed by atoms with E-state index in [-0.39, 0.29) is 10.6 Å². The maximum atomic E-state index is 12.8. The fourth-order valence-corrected chi connectivity index (χ4v) is 2.46. The topological polar surface area (TPSA) is 61.7 Å². The molecule has 0 saturated carbocycles. The molecule has 0 spiro atoms. The van der Waals surface area contributed by atoms with Crippen LogP contribution in [0.5, 0.6) is 0 Å². The number of thiophene rings is 1. The molecule has 2 rings (SSSR count). The standard InChI is InChI=1S/C14H11F3N2O2S/c1-8(11-6-7-12(22-11)13(20)21)18-19-10-5-3-2-4-9(10)14(15,16)17/h2-7,19H,1H3,(H,20,21)/b18-8-. The molecule has 0 fully saturated rings. The van der Waals surface area contributed by atoms with Crippen molar-refractivity contribution in [3.63, 3.8) is 0 Å². The van der Waals surface area contributed by atoms with Gasteiger partial charge in [0.1, 0.15) is 4.88 Å². The number of benzene rings is 1. The van der Waals surface area contributed by atoms with Gasteiger partial charge in [-0.15, -0.1) is 11.3 Å². The Morgan fingerprint density at radius 3 is 2.41 bits per heavy atom. The van der Waals surface area contributed by atoms with Crippen molar-refractivity contribution in [1.82, 2.24) is 0 Å². The number of carbonyl (C=O) groups is 1. The van der Waals surface area contributed by atoms with E-state index in [9.17, 15) is 18.0 Å². The number of halogens is 3. The monoisotopic (exact) mass is 328 g/mol. The van der Waals surface area contributed by atoms with Crippen molar-refractivity contribution in [2.45, 2.75) is 13.1 Å². The lowest BCUT2D eigenvalue weighted by Crippen LogP contribution is -2.09. The molecule has 4 nitrogen and oxygen atoms in total. The summed E-state index contributed by atoms with van der Waals surface area (Å²) in [5.41, 5.74) is 1.80. The number of aromatic carboxylic acids is 1. The van der Waals surface area contributed by atoms with Gasteiger partial charge in [-0.1, -0.05) is 12.1 Å². The molecular weight excluding hydrogens is 317 g/mol. The highest BCUT2D eigenvalue weighted by Gasteiger charge is 2.33. The van der Waals surface area contributed by atoms with Gasteiger partial charge in [-0.25, -0.2) is 4.79 Å². The van der Waals surface area contributed by atoms with E-state index in [2.05, 4.69) is 10.5 Å². The van der Waals surface area contributed by atoms with Crippen LogP contribution < -0.4 is 5.43 Å². The van der Waals surface area contributed by atoms with E-state index < -0.39 is 17.7 Å². The summed E-state index contributed by atoms with van der Waals surface area (Å²) in [5.74, 6) is -1.06. The lowest BCUT2D eigenvalue weighted by atomic mass is 10.2. The van der Waals surface area contributed by atoms with Crippen LogP contribution in [0.2, 0.25) is 0 Å². The molecule has 0 atom stereocenters. The molecule has 116 valence electrons. The molecule has 2 aromatic rings. The molecule has 1 aromatic carbocycles. The molecule has 0 aliphatic heterocycles. The molecule has 0 unspecified atom stereocenters. The number of nitrogens with zero attached hydrogens (tertiary/aromatic N) is 1. The molecule has 0 bridgehead atoms. The average molecular weight is 328 g/mol. The summed E-state index contributed by atoms with van der Waals surface area (Å²) in [7, 11) is 0. The van der Waals surface area contributed by atoms with E-state index in [1.54, 1.807) is 13.0 Å². The first-order valence-electron chi connectivity index (χ1n) is 6.09. The first-order chi connectivity index (χ1) is 10.3. The zero-order valence-corrected chi connectivity index (χ0v) is 12.1. The summed E-state index contributed by atoms with van der Waals surface area (Å²) in [6.45, 7) is 1.58. The summed E-state index contributed by atoms with van der Waals surface area (Å²) < 4.78 is 38.5. The number of carboxylic acid groups (broad SMARTS) is 1. The minimum atomic E-state index is -4.48. The Labute approximate surface area is 127 Å². The number of para-hydroxylation sites is 1. The third-order valence-corrected chi connectivity index (χ3v) is 3.93. The van der Waals surface area contributed by atoms with Gasteiger partial charge in [0.2, 0.25) is 0 Å². The van der Waals surface area contributed by atoms with Crippen molar-refractivity contribution in [1.29, 1.82) is 0 Å². The molecular formula is C14H11F3N2O2S. The van der Waals surface area contributed by atoms with Gasteiger partial charge in [-0.2, -0.15) is 18.3 Å². The SMILES string of the molecule is C/C(=N/Nc1ccccc1C(F)(F)F)c1ccc(C(=O)O)s1. The van der Waals surface area contributed by atoms with E-state index in [4.69, 9.17) is 5.11 Å². The molecule has 2 N–H and O–H groups in total. The lowest BCUT2D eigenvalue weighted by Gasteiger charge is -2.12. The fourth-order valence-electron chi connectivity index (χ4n) is 1.67. The highest BCUT2D eigenvalue weighted by atomic mass is 32.1. The van der Waals surface area contributed by atoms with Crippen molar-refractivity contribution in [2.75, 3.05) is 5.43 Å². The number of alkyl halides is 3. The third kappa shape index (κ3) is 3.64. The van der Waals surface area contributed by atoms with Gasteiger partial charge in [0.25, 0.3) is 0 Å². The Morgan fingerprint density at radius 2 is 1.82 bits per heavy atom. The number of carboxylic acids is 1. The minimum absolute atomic E-state index is 0.139. The first kappa shape index (κ1) is 16.0. The highest BCUT2D eigenvalue weighted by molar-refractivity contribution is 7.15. The number of nitrogens with one attached hydrogen (secondary N) is 1. The molecule has 0 aliphatic carbocycles. The molecule has 1 heterocycles. The number of anilines is 1. The third-order valence-electron chi connectivity index (χ3n) is 2.75. The van der Waals surface area contributed by atoms with E-state index in [1.807, 2.05) is 0 Å². The van der Waals surface area contributed by atoms with Gasteiger partial charge in [0, 0.05) is 0 Å². The van der Waals surface area contributed by atoms with Gasteiger partial charge < -0.3 is 5.11 Å². The lowest BCUT2D eigenvalue weighted by molar-refractivity contribution is -0.136. The average Bonchev–Trinajstić information content (AvgIpc) is 2.94. The van der Waals surface area contributed by atoms with E-state index >= 15 is 0 Å². The Morgan fingerprint density at radius 1 is 1.18 bits per heavy atom. The van der Waals surface area contributed by atoms with Crippen LogP contribution in [-0.4, -0.2) is 16.8 Å². The van der Waals surface area contributed by atoms with E-state index in [1.165, 1.54) is 24.3 Å². The first-order valence-corrected chi connectivity index (χ1v) is 6.90. The Bertz CT molecular complexity index is 723. The van der Waals surface area contributed by atoms with Crippen LogP contribution in [-0.2, 0) is 6.18 Å². The van der Waals surface area contributed by atoms with E-state index in [0.29, 0.717) is 10.6 Å². The van der Waals surface area contributed by atoms with Crippen LogP contribution in [0.3, 0.4) is 0 Å². The van der Waals surface area contributed by atoms with Gasteiger partial charge in [0.15, 0.2) is 0 Å². The normalized spacial score (nSPS) is 12.3. The van der Waals surface area contributed by atoms with Crippen LogP contribution in [0.1, 0.15) is 27.0 Å². The van der Waals surface area contributed by atoms with Gasteiger partial charge in [-0.3, -0.25) is 5.43 Å². The molecule has 0 saturated heterocycles. The second kappa shape index (κ2) is 6.18. The molecule has 22 heavy (non-hydrogen) atoms. The van der Waals surface area contributed by atoms with Crippen molar-refractivity contribution in [2.24, 2.45) is 5.10 Å². The summed E-state index contributed by atoms with van der Waals surface area (Å²) in [4.78, 5) is 11.5. The molecule has 1 aromatic heterocycles. The summed E-state index contributed by atoms with van der Waals surface area (Å²) in [5, 5.41) is 12.7. The maximum Gasteiger partial charge on any atom is 0.418 e. The molecule has 0 aliphatic rings. The summed E-state index contributed by atoms with van der Waals surface area (Å²) in [6.07, 6.45) is -4.48. The van der Waals surface area contributed by atoms with E-state index in [0.717, 1.165) is 17.4 Å². The van der Waals surface area contributed by atoms with Gasteiger partial charge >= 0.3 is 12.1 Å². The van der Waals surface area contributed by atoms with Gasteiger partial charge in [-0.05, 0) is 31.2 Å². The van der Waals surface area contributed by atoms with Crippen LogP contribution in [0.15, 0.2) is 41.5 Å². The Hall–Kier alpha value is -2.35. The highest BCUT2D eigenvalue weighted by Crippen LogP contribution is 2.34. The second-order valence-corrected chi connectivity index (χ2v) is 5.41. The van der Waals surface area contributed by atoms with Crippen molar-refractivity contribution in [3.05, 3.63) is 51.7 Å². The van der Waals surface area contributed by atoms with Crippen LogP contribution in [0.4, 0.5) is 18.9 Å². The summed E-state index contributed by atoms with van der Waals surface area (Å²) >= 11 is 1.00. The van der Waals surface area contributed by atoms with Crippen molar-refractivity contribution >= 4 is 28.7 Å². The zero-order chi connectivity index (χ0) is 16.3. The quantitative estimate of drug-likeness (QED) is 0.650. The second-order valence-electron chi connectivity index (χ2n) is 4.32. The van der Waals surface area contributed by atoms with Crippen molar-refractivity contribution in [3.8, 4) is 0 Å². The zero-order valence-electron chi connectivity index (χ0n) is 11.3. The van der Waals surface area contributed by atoms with Crippen molar-refractivity contribution < 1.29 is 23.1 Å². The number of hydrogen-bond donors (Lipinski definition) is 2. The Balaban J connectivity index is 2.22. The number of hydrazone groups is 1. The number of rotatable bonds is 4. The predicted octanol–water partition coefficient (Wildman–Crippen LogP) is 4.30. The van der Waals surface area contributed by atoms with Crippen LogP contribution in [0, 0.1) is 0 Å².